The molecule has 0 aromatic carbocycles. The first kappa shape index (κ1) is 14.0. The Labute approximate surface area is 134 Å². The maximum Gasteiger partial charge on any atom is 0.324 e. The second kappa shape index (κ2) is 5.53. The maximum absolute atomic E-state index is 12.1. The highest BCUT2D eigenvalue weighted by Crippen LogP contribution is 2.27. The first-order valence-electron chi connectivity index (χ1n) is 7.80. The Balaban J connectivity index is 1.47. The molecule has 8 heteroatoms. The number of aromatic nitrogens is 4. The van der Waals surface area contributed by atoms with E-state index in [-0.39, 0.29) is 6.03 Å². The van der Waals surface area contributed by atoms with Gasteiger partial charge in [0, 0.05) is 45.6 Å². The van der Waals surface area contributed by atoms with Crippen LogP contribution in [-0.2, 0) is 0 Å². The van der Waals surface area contributed by atoms with Crippen LogP contribution in [0.15, 0.2) is 31.0 Å². The molecule has 1 atom stereocenters. The van der Waals surface area contributed by atoms with Gasteiger partial charge in [0.1, 0.15) is 12.1 Å². The number of hydrogen-bond donors (Lipinski definition) is 0. The standard InChI is InChI=1S/C15H19N7O/c1-19-6-7-21(15(19)23)13-8-18-22(10-13)12-3-5-20(9-12)14-2-4-16-11-17-14/h2,4,8,10-12H,3,5-7,9H2,1H3. The summed E-state index contributed by atoms with van der Waals surface area (Å²) in [6.07, 6.45) is 8.11. The molecule has 0 aliphatic carbocycles. The van der Waals surface area contributed by atoms with E-state index in [1.165, 1.54) is 0 Å². The Bertz CT molecular complexity index is 701. The Morgan fingerprint density at radius 3 is 2.91 bits per heavy atom. The van der Waals surface area contributed by atoms with Crippen molar-refractivity contribution >= 4 is 17.5 Å². The predicted molar refractivity (Wildman–Crippen MR) is 85.5 cm³/mol. The van der Waals surface area contributed by atoms with E-state index in [0.29, 0.717) is 6.04 Å². The molecular formula is C15H19N7O. The van der Waals surface area contributed by atoms with Crippen LogP contribution in [0.2, 0.25) is 0 Å². The lowest BCUT2D eigenvalue weighted by molar-refractivity contribution is 0.229. The topological polar surface area (TPSA) is 70.4 Å². The zero-order valence-corrected chi connectivity index (χ0v) is 13.0. The van der Waals surface area contributed by atoms with Gasteiger partial charge in [-0.15, -0.1) is 0 Å². The van der Waals surface area contributed by atoms with Gasteiger partial charge in [-0.3, -0.25) is 9.58 Å². The fraction of sp³-hybridized carbons (Fsp3) is 0.467. The molecule has 0 N–H and O–H groups in total. The molecule has 120 valence electrons. The fourth-order valence-electron chi connectivity index (χ4n) is 3.19. The summed E-state index contributed by atoms with van der Waals surface area (Å²) < 4.78 is 1.97. The van der Waals surface area contributed by atoms with Gasteiger partial charge in [0.05, 0.1) is 17.9 Å². The van der Waals surface area contributed by atoms with Crippen LogP contribution in [0.4, 0.5) is 16.3 Å². The van der Waals surface area contributed by atoms with Crippen molar-refractivity contribution in [3.05, 3.63) is 31.0 Å². The first-order chi connectivity index (χ1) is 11.2. The van der Waals surface area contributed by atoms with Gasteiger partial charge in [0.25, 0.3) is 0 Å². The molecule has 2 saturated heterocycles. The van der Waals surface area contributed by atoms with Crippen LogP contribution < -0.4 is 9.80 Å². The molecule has 23 heavy (non-hydrogen) atoms. The Hall–Kier alpha value is -2.64. The molecule has 2 fully saturated rings. The Morgan fingerprint density at radius 2 is 2.17 bits per heavy atom. The molecule has 1 unspecified atom stereocenters. The van der Waals surface area contributed by atoms with E-state index in [1.807, 2.05) is 24.0 Å². The number of amides is 2. The van der Waals surface area contributed by atoms with Crippen molar-refractivity contribution in [2.75, 3.05) is 43.0 Å². The van der Waals surface area contributed by atoms with Gasteiger partial charge in [-0.05, 0) is 12.5 Å². The van der Waals surface area contributed by atoms with Crippen molar-refractivity contribution in [1.82, 2.24) is 24.6 Å². The van der Waals surface area contributed by atoms with Crippen molar-refractivity contribution < 1.29 is 4.79 Å². The number of hydrogen-bond acceptors (Lipinski definition) is 5. The molecular weight excluding hydrogens is 294 g/mol. The molecule has 2 amide bonds. The third-order valence-corrected chi connectivity index (χ3v) is 4.54. The van der Waals surface area contributed by atoms with E-state index < -0.39 is 0 Å². The lowest BCUT2D eigenvalue weighted by Crippen LogP contribution is -2.28. The highest BCUT2D eigenvalue weighted by Gasteiger charge is 2.29. The van der Waals surface area contributed by atoms with Crippen molar-refractivity contribution in [1.29, 1.82) is 0 Å². The Kier molecular flexibility index (Phi) is 3.36. The fourth-order valence-corrected chi connectivity index (χ4v) is 3.19. The van der Waals surface area contributed by atoms with E-state index in [2.05, 4.69) is 20.0 Å². The molecule has 0 bridgehead atoms. The van der Waals surface area contributed by atoms with Crippen LogP contribution >= 0.6 is 0 Å². The van der Waals surface area contributed by atoms with Crippen LogP contribution in [-0.4, -0.2) is 63.9 Å². The number of rotatable bonds is 3. The summed E-state index contributed by atoms with van der Waals surface area (Å²) in [7, 11) is 1.82. The molecule has 2 aliphatic heterocycles. The summed E-state index contributed by atoms with van der Waals surface area (Å²) in [5.74, 6) is 0.950. The number of carbonyl (C=O) groups is 1. The summed E-state index contributed by atoms with van der Waals surface area (Å²) in [6, 6.07) is 2.27. The second-order valence-electron chi connectivity index (χ2n) is 5.99. The lowest BCUT2D eigenvalue weighted by Gasteiger charge is -2.17. The quantitative estimate of drug-likeness (QED) is 0.845. The maximum atomic E-state index is 12.1. The van der Waals surface area contributed by atoms with E-state index in [9.17, 15) is 4.79 Å². The monoisotopic (exact) mass is 313 g/mol. The summed E-state index contributed by atoms with van der Waals surface area (Å²) in [4.78, 5) is 26.1. The van der Waals surface area contributed by atoms with Crippen LogP contribution in [0.5, 0.6) is 0 Å². The molecule has 4 heterocycles. The zero-order valence-electron chi connectivity index (χ0n) is 13.0. The number of carbonyl (C=O) groups excluding carboxylic acids is 1. The summed E-state index contributed by atoms with van der Waals surface area (Å²) in [5.41, 5.74) is 0.875. The van der Waals surface area contributed by atoms with E-state index in [1.54, 1.807) is 28.5 Å². The number of likely N-dealkylation sites (N-methyl/N-ethyl adjacent to an activating group) is 1. The van der Waals surface area contributed by atoms with Crippen LogP contribution in [0.1, 0.15) is 12.5 Å². The average Bonchev–Trinajstić information content (AvgIpc) is 3.29. The minimum atomic E-state index is 0.0404. The van der Waals surface area contributed by atoms with Crippen LogP contribution in [0.25, 0.3) is 0 Å². The summed E-state index contributed by atoms with van der Waals surface area (Å²) in [6.45, 7) is 3.29. The highest BCUT2D eigenvalue weighted by molar-refractivity contribution is 5.93. The second-order valence-corrected chi connectivity index (χ2v) is 5.99. The van der Waals surface area contributed by atoms with E-state index in [4.69, 9.17) is 0 Å². The van der Waals surface area contributed by atoms with Gasteiger partial charge >= 0.3 is 6.03 Å². The van der Waals surface area contributed by atoms with Gasteiger partial charge < -0.3 is 9.80 Å². The van der Waals surface area contributed by atoms with Crippen LogP contribution in [0, 0.1) is 0 Å². The smallest absolute Gasteiger partial charge is 0.324 e. The Morgan fingerprint density at radius 1 is 1.26 bits per heavy atom. The van der Waals surface area contributed by atoms with Gasteiger partial charge in [0.2, 0.25) is 0 Å². The molecule has 0 saturated carbocycles. The third kappa shape index (κ3) is 2.49. The SMILES string of the molecule is CN1CCN(c2cnn(C3CCN(c4ccncn4)C3)c2)C1=O. The first-order valence-corrected chi connectivity index (χ1v) is 7.80. The highest BCUT2D eigenvalue weighted by atomic mass is 16.2. The lowest BCUT2D eigenvalue weighted by atomic mass is 10.3. The van der Waals surface area contributed by atoms with Gasteiger partial charge in [-0.2, -0.15) is 5.10 Å². The van der Waals surface area contributed by atoms with E-state index >= 15 is 0 Å². The molecule has 2 aromatic rings. The van der Waals surface area contributed by atoms with Crippen molar-refractivity contribution in [3.63, 3.8) is 0 Å². The molecule has 2 aromatic heterocycles. The number of anilines is 2. The van der Waals surface area contributed by atoms with Gasteiger partial charge in [0.15, 0.2) is 0 Å². The summed E-state index contributed by atoms with van der Waals surface area (Å²) in [5, 5.41) is 4.48. The largest absolute Gasteiger partial charge is 0.354 e. The third-order valence-electron chi connectivity index (χ3n) is 4.54. The minimum Gasteiger partial charge on any atom is -0.354 e. The molecule has 0 radical (unpaired) electrons. The normalized spacial score (nSPS) is 21.5. The van der Waals surface area contributed by atoms with Crippen molar-refractivity contribution in [2.24, 2.45) is 0 Å². The molecule has 8 nitrogen and oxygen atoms in total. The van der Waals surface area contributed by atoms with E-state index in [0.717, 1.165) is 44.1 Å². The number of urea groups is 1. The van der Waals surface area contributed by atoms with Gasteiger partial charge in [-0.25, -0.2) is 14.8 Å². The average molecular weight is 313 g/mol. The molecule has 2 aliphatic rings. The number of nitrogens with zero attached hydrogens (tertiary/aromatic N) is 7. The van der Waals surface area contributed by atoms with Crippen molar-refractivity contribution in [3.8, 4) is 0 Å². The molecule has 0 spiro atoms. The minimum absolute atomic E-state index is 0.0404. The summed E-state index contributed by atoms with van der Waals surface area (Å²) >= 11 is 0. The molecule has 4 rings (SSSR count). The van der Waals surface area contributed by atoms with Crippen LogP contribution in [0.3, 0.4) is 0 Å². The predicted octanol–water partition coefficient (Wildman–Crippen LogP) is 0.996. The zero-order chi connectivity index (χ0) is 15.8. The van der Waals surface area contributed by atoms with Gasteiger partial charge in [-0.1, -0.05) is 0 Å². The van der Waals surface area contributed by atoms with Crippen molar-refractivity contribution in [2.45, 2.75) is 12.5 Å².